The number of hydrogen-bond acceptors (Lipinski definition) is 4. The van der Waals surface area contributed by atoms with Gasteiger partial charge in [0, 0.05) is 18.0 Å². The van der Waals surface area contributed by atoms with Crippen molar-refractivity contribution in [2.24, 2.45) is 5.73 Å². The SMILES string of the molecule is CC1(C)CC(N)c2cccc(OCC(=O)O)c2O1. The predicted octanol–water partition coefficient (Wildman–Crippen LogP) is 1.71. The van der Waals surface area contributed by atoms with Crippen LogP contribution in [0.2, 0.25) is 0 Å². The highest BCUT2D eigenvalue weighted by molar-refractivity contribution is 5.68. The van der Waals surface area contributed by atoms with E-state index in [1.165, 1.54) is 0 Å². The first-order chi connectivity index (χ1) is 8.39. The van der Waals surface area contributed by atoms with Crippen molar-refractivity contribution in [2.75, 3.05) is 6.61 Å². The average molecular weight is 251 g/mol. The van der Waals surface area contributed by atoms with Gasteiger partial charge in [0.1, 0.15) is 5.60 Å². The Morgan fingerprint density at radius 3 is 3.00 bits per heavy atom. The van der Waals surface area contributed by atoms with E-state index in [9.17, 15) is 4.79 Å². The summed E-state index contributed by atoms with van der Waals surface area (Å²) in [5, 5.41) is 8.64. The zero-order valence-corrected chi connectivity index (χ0v) is 10.5. The molecule has 1 aromatic carbocycles. The van der Waals surface area contributed by atoms with Gasteiger partial charge < -0.3 is 20.3 Å². The summed E-state index contributed by atoms with van der Waals surface area (Å²) in [7, 11) is 0. The van der Waals surface area contributed by atoms with Gasteiger partial charge in [0.15, 0.2) is 18.1 Å². The Kier molecular flexibility index (Phi) is 3.17. The molecule has 98 valence electrons. The van der Waals surface area contributed by atoms with E-state index in [-0.39, 0.29) is 11.6 Å². The lowest BCUT2D eigenvalue weighted by Gasteiger charge is -2.36. The van der Waals surface area contributed by atoms with Gasteiger partial charge in [-0.3, -0.25) is 0 Å². The molecule has 0 amide bonds. The minimum Gasteiger partial charge on any atom is -0.484 e. The molecule has 1 aliphatic rings. The third kappa shape index (κ3) is 2.56. The van der Waals surface area contributed by atoms with Crippen LogP contribution < -0.4 is 15.2 Å². The second-order valence-electron chi connectivity index (χ2n) is 5.03. The summed E-state index contributed by atoms with van der Waals surface area (Å²) in [4.78, 5) is 10.5. The van der Waals surface area contributed by atoms with Crippen molar-refractivity contribution in [3.63, 3.8) is 0 Å². The van der Waals surface area contributed by atoms with Crippen LogP contribution in [0.4, 0.5) is 0 Å². The largest absolute Gasteiger partial charge is 0.484 e. The van der Waals surface area contributed by atoms with E-state index in [1.54, 1.807) is 12.1 Å². The first kappa shape index (κ1) is 12.7. The number of carbonyl (C=O) groups is 1. The van der Waals surface area contributed by atoms with Crippen LogP contribution >= 0.6 is 0 Å². The fourth-order valence-corrected chi connectivity index (χ4v) is 2.14. The molecule has 0 bridgehead atoms. The molecule has 0 spiro atoms. The molecule has 1 heterocycles. The van der Waals surface area contributed by atoms with Gasteiger partial charge >= 0.3 is 5.97 Å². The number of aliphatic carboxylic acids is 1. The fourth-order valence-electron chi connectivity index (χ4n) is 2.14. The average Bonchev–Trinajstić information content (AvgIpc) is 2.25. The Balaban J connectivity index is 2.33. The lowest BCUT2D eigenvalue weighted by atomic mass is 9.90. The standard InChI is InChI=1S/C13H17NO4/c1-13(2)6-9(14)8-4-3-5-10(12(8)18-13)17-7-11(15)16/h3-5,9H,6-7,14H2,1-2H3,(H,15,16). The highest BCUT2D eigenvalue weighted by atomic mass is 16.5. The zero-order valence-electron chi connectivity index (χ0n) is 10.5. The normalized spacial score (nSPS) is 20.7. The van der Waals surface area contributed by atoms with Crippen LogP contribution in [-0.4, -0.2) is 23.3 Å². The Bertz CT molecular complexity index is 470. The first-order valence-electron chi connectivity index (χ1n) is 5.81. The van der Waals surface area contributed by atoms with E-state index in [0.29, 0.717) is 17.9 Å². The predicted molar refractivity (Wildman–Crippen MR) is 65.8 cm³/mol. The molecule has 2 rings (SSSR count). The van der Waals surface area contributed by atoms with Crippen molar-refractivity contribution < 1.29 is 19.4 Å². The summed E-state index contributed by atoms with van der Waals surface area (Å²) >= 11 is 0. The van der Waals surface area contributed by atoms with Crippen LogP contribution in [-0.2, 0) is 4.79 Å². The fraction of sp³-hybridized carbons (Fsp3) is 0.462. The van der Waals surface area contributed by atoms with Crippen LogP contribution in [0.5, 0.6) is 11.5 Å². The van der Waals surface area contributed by atoms with Gasteiger partial charge in [-0.25, -0.2) is 4.79 Å². The van der Waals surface area contributed by atoms with E-state index >= 15 is 0 Å². The number of carboxylic acid groups (broad SMARTS) is 1. The summed E-state index contributed by atoms with van der Waals surface area (Å²) in [6.45, 7) is 3.50. The molecule has 0 aliphatic carbocycles. The molecule has 5 heteroatoms. The van der Waals surface area contributed by atoms with Crippen molar-refractivity contribution in [3.05, 3.63) is 23.8 Å². The third-order valence-corrected chi connectivity index (χ3v) is 2.85. The molecule has 1 aliphatic heterocycles. The van der Waals surface area contributed by atoms with Gasteiger partial charge in [0.25, 0.3) is 0 Å². The van der Waals surface area contributed by atoms with Crippen molar-refractivity contribution in [1.82, 2.24) is 0 Å². The van der Waals surface area contributed by atoms with Gasteiger partial charge in [0.05, 0.1) is 0 Å². The minimum atomic E-state index is -1.02. The van der Waals surface area contributed by atoms with E-state index in [1.807, 2.05) is 19.9 Å². The Morgan fingerprint density at radius 1 is 1.61 bits per heavy atom. The molecule has 0 radical (unpaired) electrons. The number of benzene rings is 1. The highest BCUT2D eigenvalue weighted by Gasteiger charge is 2.33. The quantitative estimate of drug-likeness (QED) is 0.854. The van der Waals surface area contributed by atoms with Gasteiger partial charge in [0.2, 0.25) is 0 Å². The lowest BCUT2D eigenvalue weighted by molar-refractivity contribution is -0.139. The first-order valence-corrected chi connectivity index (χ1v) is 5.81. The molecule has 0 saturated heterocycles. The molecule has 0 saturated carbocycles. The van der Waals surface area contributed by atoms with Crippen LogP contribution in [0.3, 0.4) is 0 Å². The monoisotopic (exact) mass is 251 g/mol. The maximum absolute atomic E-state index is 10.5. The number of fused-ring (bicyclic) bond motifs is 1. The maximum atomic E-state index is 10.5. The topological polar surface area (TPSA) is 81.8 Å². The highest BCUT2D eigenvalue weighted by Crippen LogP contribution is 2.43. The second kappa shape index (κ2) is 4.49. The van der Waals surface area contributed by atoms with Crippen LogP contribution in [0, 0.1) is 0 Å². The summed E-state index contributed by atoms with van der Waals surface area (Å²) in [6.07, 6.45) is 0.711. The van der Waals surface area contributed by atoms with E-state index in [0.717, 1.165) is 5.56 Å². The van der Waals surface area contributed by atoms with Crippen molar-refractivity contribution >= 4 is 5.97 Å². The third-order valence-electron chi connectivity index (χ3n) is 2.85. The summed E-state index contributed by atoms with van der Waals surface area (Å²) in [5.41, 5.74) is 6.57. The summed E-state index contributed by atoms with van der Waals surface area (Å²) in [5.74, 6) is -0.0346. The molecular weight excluding hydrogens is 234 g/mol. The van der Waals surface area contributed by atoms with Gasteiger partial charge in [-0.1, -0.05) is 12.1 Å². The van der Waals surface area contributed by atoms with Crippen LogP contribution in [0.25, 0.3) is 0 Å². The number of para-hydroxylation sites is 1. The molecule has 1 unspecified atom stereocenters. The van der Waals surface area contributed by atoms with Crippen LogP contribution in [0.15, 0.2) is 18.2 Å². The minimum absolute atomic E-state index is 0.128. The molecule has 3 N–H and O–H groups in total. The number of ether oxygens (including phenoxy) is 2. The maximum Gasteiger partial charge on any atom is 0.341 e. The molecule has 18 heavy (non-hydrogen) atoms. The number of nitrogens with two attached hydrogens (primary N) is 1. The molecule has 0 aromatic heterocycles. The van der Waals surface area contributed by atoms with Crippen LogP contribution in [0.1, 0.15) is 31.9 Å². The Hall–Kier alpha value is -1.75. The van der Waals surface area contributed by atoms with E-state index in [2.05, 4.69) is 0 Å². The van der Waals surface area contributed by atoms with E-state index < -0.39 is 12.6 Å². The zero-order chi connectivity index (χ0) is 13.3. The second-order valence-corrected chi connectivity index (χ2v) is 5.03. The molecule has 5 nitrogen and oxygen atoms in total. The van der Waals surface area contributed by atoms with Crippen molar-refractivity contribution in [2.45, 2.75) is 31.9 Å². The number of rotatable bonds is 3. The van der Waals surface area contributed by atoms with E-state index in [4.69, 9.17) is 20.3 Å². The van der Waals surface area contributed by atoms with Gasteiger partial charge in [-0.05, 0) is 19.9 Å². The molecule has 1 aromatic rings. The summed E-state index contributed by atoms with van der Waals surface area (Å²) in [6, 6.07) is 5.23. The summed E-state index contributed by atoms with van der Waals surface area (Å²) < 4.78 is 11.1. The lowest BCUT2D eigenvalue weighted by Crippen LogP contribution is -2.37. The number of hydrogen-bond donors (Lipinski definition) is 2. The van der Waals surface area contributed by atoms with Crippen molar-refractivity contribution in [1.29, 1.82) is 0 Å². The van der Waals surface area contributed by atoms with Gasteiger partial charge in [-0.2, -0.15) is 0 Å². The Labute approximate surface area is 106 Å². The molecule has 0 fully saturated rings. The Morgan fingerprint density at radius 2 is 2.33 bits per heavy atom. The smallest absolute Gasteiger partial charge is 0.341 e. The molecule has 1 atom stereocenters. The van der Waals surface area contributed by atoms with Crippen molar-refractivity contribution in [3.8, 4) is 11.5 Å². The number of carboxylic acids is 1. The van der Waals surface area contributed by atoms with Gasteiger partial charge in [-0.15, -0.1) is 0 Å². The molecular formula is C13H17NO4.